The molecule has 10 saturated heterocycles. The smallest absolute Gasteiger partial charge is 0.203 e. The number of piperidine rings is 1. The third kappa shape index (κ3) is 9.71. The molecule has 10 fully saturated rings. The molecule has 2 N–H and O–H groups in total. The highest BCUT2D eigenvalue weighted by molar-refractivity contribution is 7.99. The van der Waals surface area contributed by atoms with Crippen LogP contribution >= 0.6 is 23.4 Å². The third-order valence-corrected chi connectivity index (χ3v) is 21.1. The Bertz CT molecular complexity index is 2120. The molecule has 428 valence electrons. The van der Waals surface area contributed by atoms with E-state index in [-0.39, 0.29) is 6.61 Å². The van der Waals surface area contributed by atoms with Crippen LogP contribution in [0.1, 0.15) is 57.8 Å². The predicted octanol–water partition coefficient (Wildman–Crippen LogP) is 3.42. The molecule has 4 unspecified atom stereocenters. The fourth-order valence-electron chi connectivity index (χ4n) is 16.6. The molecule has 0 radical (unpaired) electrons. The van der Waals surface area contributed by atoms with Gasteiger partial charge in [0.05, 0.1) is 19.8 Å². The Morgan fingerprint density at radius 1 is 0.481 bits per heavy atom. The van der Waals surface area contributed by atoms with E-state index < -0.39 is 23.1 Å². The highest BCUT2D eigenvalue weighted by Crippen LogP contribution is 2.64. The largest absolute Gasteiger partial charge is 0.395 e. The summed E-state index contributed by atoms with van der Waals surface area (Å²) in [6, 6.07) is 20.8. The summed E-state index contributed by atoms with van der Waals surface area (Å²) in [7, 11) is 2.37. The summed E-state index contributed by atoms with van der Waals surface area (Å²) in [6.45, 7) is 27.4. The maximum atomic E-state index is 10.6. The molecule has 77 heavy (non-hydrogen) atoms. The predicted molar refractivity (Wildman–Crippen MR) is 313 cm³/mol. The van der Waals surface area contributed by atoms with Crippen LogP contribution in [0.25, 0.3) is 0 Å². The summed E-state index contributed by atoms with van der Waals surface area (Å²) >= 11 is 9.42. The number of hydrogen-bond donors (Lipinski definition) is 2. The number of piperazine rings is 5. The number of nitrogens with one attached hydrogen (secondary N) is 1. The van der Waals surface area contributed by atoms with Gasteiger partial charge in [-0.05, 0) is 82.0 Å². The minimum absolute atomic E-state index is 0.186. The molecule has 0 aliphatic carbocycles. The molecule has 0 amide bonds. The molecular weight excluding hydrogens is 1010 g/mol. The van der Waals surface area contributed by atoms with Crippen molar-refractivity contribution in [2.45, 2.75) is 80.9 Å². The minimum Gasteiger partial charge on any atom is -0.395 e. The summed E-state index contributed by atoms with van der Waals surface area (Å²) in [5.74, 6) is -0.793. The number of rotatable bonds is 13. The number of likely N-dealkylation sites (N-methyl/N-ethyl adjacent to an activating group) is 1. The van der Waals surface area contributed by atoms with E-state index in [1.54, 1.807) is 0 Å². The SMILES string of the molecule is CN1CCN(C2(N3CCN(CCO)CC3)N(N3CCN(c4ccccc4)CC3)C(N3CCCC3)(N3CCOCC3)C(N3CCCCC3)(N3CCSCC3)N(c3ccc(Cl)cc3)C2(N2CCCCCC2)N2CCNCC2)CC1. The normalized spacial score (nSPS) is 34.5. The average molecular weight is 1100 g/mol. The van der Waals surface area contributed by atoms with Crippen LogP contribution in [-0.4, -0.2) is 302 Å². The second kappa shape index (κ2) is 24.9. The number of β-amino-alcohol motifs (C(OH)–C–C–N with tert-alkyl or cyclic N) is 1. The highest BCUT2D eigenvalue weighted by atomic mass is 35.5. The number of thioether (sulfide) groups is 1. The van der Waals surface area contributed by atoms with E-state index in [4.69, 9.17) is 16.3 Å². The molecule has 17 nitrogen and oxygen atoms in total. The molecule has 0 spiro atoms. The van der Waals surface area contributed by atoms with Crippen LogP contribution in [0.5, 0.6) is 0 Å². The van der Waals surface area contributed by atoms with E-state index >= 15 is 0 Å². The lowest BCUT2D eigenvalue weighted by molar-refractivity contribution is -0.471. The molecule has 0 saturated carbocycles. The number of hydrazine groups is 1. The Kier molecular flexibility index (Phi) is 18.0. The topological polar surface area (TPSA) is 86.8 Å². The van der Waals surface area contributed by atoms with Crippen LogP contribution in [0, 0.1) is 0 Å². The standard InChI is InChI=1S/C58H96ClN15O2S/c1-61-30-36-68(37-31-61)58(69-38-32-62(33-39-69)42-47-75)55(67-28-20-60-21-29-67,64-22-8-2-3-9-23-64)73(54-18-16-52(59)17-19-54)56(65-24-10-5-11-25-65,71-45-50-77-51-46-71)57(66-26-12-13-27-66,70-43-48-76-49-44-70)74(58)72-40-34-63(35-41-72)53-14-6-4-7-15-53/h4,6-7,14-19,60,75H,2-3,5,8-13,20-51H2,1H3. The molecule has 4 atom stereocenters. The van der Waals surface area contributed by atoms with E-state index in [1.165, 1.54) is 69.2 Å². The van der Waals surface area contributed by atoms with Gasteiger partial charge in [-0.25, -0.2) is 5.01 Å². The molecule has 2 aromatic rings. The number of anilines is 2. The third-order valence-electron chi connectivity index (χ3n) is 19.9. The molecule has 0 bridgehead atoms. The highest BCUT2D eigenvalue weighted by Gasteiger charge is 2.87. The van der Waals surface area contributed by atoms with Gasteiger partial charge in [0.2, 0.25) is 23.1 Å². The number of halogens is 1. The van der Waals surface area contributed by atoms with Gasteiger partial charge in [-0.15, -0.1) is 0 Å². The van der Waals surface area contributed by atoms with Gasteiger partial charge in [-0.3, -0.25) is 44.1 Å². The Hall–Kier alpha value is -1.92. The lowest BCUT2D eigenvalue weighted by atomic mass is 9.80. The van der Waals surface area contributed by atoms with Gasteiger partial charge in [0, 0.05) is 205 Å². The van der Waals surface area contributed by atoms with Gasteiger partial charge >= 0.3 is 0 Å². The van der Waals surface area contributed by atoms with Crippen molar-refractivity contribution >= 4 is 34.7 Å². The molecule has 12 rings (SSSR count). The number of nitrogens with zero attached hydrogens (tertiary/aromatic N) is 14. The number of para-hydroxylation sites is 1. The number of ether oxygens (including phenoxy) is 1. The maximum absolute atomic E-state index is 10.6. The zero-order valence-electron chi connectivity index (χ0n) is 47.1. The quantitative estimate of drug-likeness (QED) is 0.307. The number of aliphatic hydroxyl groups is 1. The second-order valence-corrected chi connectivity index (χ2v) is 25.5. The Labute approximate surface area is 472 Å². The van der Waals surface area contributed by atoms with Crippen LogP contribution < -0.4 is 15.1 Å². The number of likely N-dealkylation sites (tertiary alicyclic amines) is 3. The monoisotopic (exact) mass is 1100 g/mol. The second-order valence-electron chi connectivity index (χ2n) is 23.9. The first-order valence-corrected chi connectivity index (χ1v) is 32.3. The van der Waals surface area contributed by atoms with Gasteiger partial charge < -0.3 is 29.9 Å². The van der Waals surface area contributed by atoms with Crippen LogP contribution in [0.15, 0.2) is 54.6 Å². The zero-order valence-corrected chi connectivity index (χ0v) is 48.7. The van der Waals surface area contributed by atoms with E-state index in [2.05, 4.69) is 148 Å². The van der Waals surface area contributed by atoms with Crippen LogP contribution in [0.3, 0.4) is 0 Å². The van der Waals surface area contributed by atoms with Gasteiger partial charge in [0.1, 0.15) is 0 Å². The fourth-order valence-corrected chi connectivity index (χ4v) is 17.7. The molecule has 0 aromatic heterocycles. The van der Waals surface area contributed by atoms with Crippen LogP contribution in [0.4, 0.5) is 11.4 Å². The van der Waals surface area contributed by atoms with Crippen molar-refractivity contribution in [2.75, 3.05) is 225 Å². The number of morpholine rings is 1. The van der Waals surface area contributed by atoms with Crippen molar-refractivity contribution in [2.24, 2.45) is 0 Å². The molecule has 10 aliphatic heterocycles. The maximum Gasteiger partial charge on any atom is 0.203 e. The van der Waals surface area contributed by atoms with Crippen molar-refractivity contribution < 1.29 is 9.84 Å². The lowest BCUT2D eigenvalue weighted by Crippen LogP contribution is -3.09. The molecular formula is C58H96ClN15O2S. The van der Waals surface area contributed by atoms with Crippen molar-refractivity contribution in [1.82, 2.24) is 64.3 Å². The van der Waals surface area contributed by atoms with E-state index in [0.717, 1.165) is 187 Å². The number of benzene rings is 2. The summed E-state index contributed by atoms with van der Waals surface area (Å²) in [4.78, 5) is 36.3. The van der Waals surface area contributed by atoms with Gasteiger partial charge in [0.25, 0.3) is 0 Å². The van der Waals surface area contributed by atoms with Crippen molar-refractivity contribution in [3.8, 4) is 0 Å². The van der Waals surface area contributed by atoms with Crippen LogP contribution in [0.2, 0.25) is 5.02 Å². The van der Waals surface area contributed by atoms with Gasteiger partial charge in [-0.2, -0.15) is 16.8 Å². The van der Waals surface area contributed by atoms with E-state index in [1.807, 2.05) is 0 Å². The average Bonchev–Trinajstić information content (AvgIpc) is 3.99. The zero-order chi connectivity index (χ0) is 52.3. The van der Waals surface area contributed by atoms with E-state index in [9.17, 15) is 5.11 Å². The first kappa shape index (κ1) is 55.6. The summed E-state index contributed by atoms with van der Waals surface area (Å²) in [5, 5.41) is 21.8. The lowest BCUT2D eigenvalue weighted by Gasteiger charge is -2.86. The van der Waals surface area contributed by atoms with Gasteiger partial charge in [0.15, 0.2) is 0 Å². The molecule has 10 heterocycles. The summed E-state index contributed by atoms with van der Waals surface area (Å²) in [5.41, 5.74) is 2.63. The van der Waals surface area contributed by atoms with Crippen molar-refractivity contribution in [3.63, 3.8) is 0 Å². The summed E-state index contributed by atoms with van der Waals surface area (Å²) in [6.07, 6.45) is 10.9. The molecule has 2 aromatic carbocycles. The Morgan fingerprint density at radius 3 is 1.51 bits per heavy atom. The number of hydrogen-bond acceptors (Lipinski definition) is 18. The van der Waals surface area contributed by atoms with Crippen molar-refractivity contribution in [1.29, 1.82) is 0 Å². The Balaban J connectivity index is 1.29. The molecule has 10 aliphatic rings. The first-order chi connectivity index (χ1) is 38.0. The minimum atomic E-state index is -0.777. The molecule has 19 heteroatoms. The van der Waals surface area contributed by atoms with Crippen molar-refractivity contribution in [3.05, 3.63) is 59.6 Å². The van der Waals surface area contributed by atoms with Crippen LogP contribution in [-0.2, 0) is 4.74 Å². The summed E-state index contributed by atoms with van der Waals surface area (Å²) < 4.78 is 6.67. The fraction of sp³-hybridized carbons (Fsp3) is 0.793. The van der Waals surface area contributed by atoms with E-state index in [0.29, 0.717) is 19.8 Å². The Morgan fingerprint density at radius 2 is 0.948 bits per heavy atom. The number of aliphatic hydroxyl groups excluding tert-OH is 1. The van der Waals surface area contributed by atoms with Gasteiger partial charge in [-0.1, -0.05) is 49.1 Å². The first-order valence-electron chi connectivity index (χ1n) is 30.8.